The number of fused-ring (bicyclic) bond motifs is 4. The topological polar surface area (TPSA) is 86.2 Å². The number of aromatic amines is 1. The van der Waals surface area contributed by atoms with Crippen LogP contribution in [0.25, 0.3) is 21.8 Å². The molecule has 180 valence electrons. The van der Waals surface area contributed by atoms with E-state index in [1.165, 1.54) is 7.11 Å². The Balaban J connectivity index is 1.44. The van der Waals surface area contributed by atoms with Gasteiger partial charge in [0.05, 0.1) is 24.6 Å². The predicted molar refractivity (Wildman–Crippen MR) is 138 cm³/mol. The molecule has 0 amide bonds. The molecule has 0 unspecified atom stereocenters. The van der Waals surface area contributed by atoms with Crippen LogP contribution in [0.1, 0.15) is 34.7 Å². The Bertz CT molecular complexity index is 1700. The van der Waals surface area contributed by atoms with Crippen LogP contribution in [0, 0.1) is 6.92 Å². The standard InChI is InChI=1S/C29H25N3O4/c1-17-13-25-27(29(34)32(17)12-11-19-16-30-24-10-6-4-8-20(19)24)21(15-26(33)35-2)22-14-18-7-3-5-9-23(18)31-28(22)36-25/h3-10,13-14,16,21,30H,11-12,15H2,1-2H3/t21-/m1/s1. The fraction of sp³-hybridized carbons (Fsp3) is 0.207. The number of ether oxygens (including phenoxy) is 2. The molecule has 3 aromatic heterocycles. The average Bonchev–Trinajstić information content (AvgIpc) is 3.30. The maximum absolute atomic E-state index is 13.9. The van der Waals surface area contributed by atoms with Crippen LogP contribution in [0.4, 0.5) is 0 Å². The van der Waals surface area contributed by atoms with Gasteiger partial charge in [-0.1, -0.05) is 36.4 Å². The summed E-state index contributed by atoms with van der Waals surface area (Å²) in [7, 11) is 1.36. The number of hydrogen-bond acceptors (Lipinski definition) is 5. The van der Waals surface area contributed by atoms with Gasteiger partial charge in [-0.2, -0.15) is 0 Å². The van der Waals surface area contributed by atoms with E-state index in [9.17, 15) is 9.59 Å². The number of carbonyl (C=O) groups excluding carboxylic acids is 1. The van der Waals surface area contributed by atoms with Crippen molar-refractivity contribution >= 4 is 27.8 Å². The maximum Gasteiger partial charge on any atom is 0.306 e. The van der Waals surface area contributed by atoms with Crippen molar-refractivity contribution in [2.75, 3.05) is 7.11 Å². The molecular formula is C29H25N3O4. The lowest BCUT2D eigenvalue weighted by Gasteiger charge is -2.28. The van der Waals surface area contributed by atoms with E-state index >= 15 is 0 Å². The normalized spacial score (nSPS) is 14.3. The molecule has 0 spiro atoms. The van der Waals surface area contributed by atoms with Gasteiger partial charge >= 0.3 is 5.97 Å². The molecule has 1 N–H and O–H groups in total. The van der Waals surface area contributed by atoms with Gasteiger partial charge in [-0.05, 0) is 37.1 Å². The highest BCUT2D eigenvalue weighted by Gasteiger charge is 2.34. The third kappa shape index (κ3) is 3.64. The molecule has 1 aliphatic heterocycles. The predicted octanol–water partition coefficient (Wildman–Crippen LogP) is 5.23. The van der Waals surface area contributed by atoms with E-state index < -0.39 is 11.9 Å². The van der Waals surface area contributed by atoms with E-state index in [0.29, 0.717) is 30.2 Å². The van der Waals surface area contributed by atoms with Gasteiger partial charge in [-0.3, -0.25) is 9.59 Å². The maximum atomic E-state index is 13.9. The number of nitrogens with zero attached hydrogens (tertiary/aromatic N) is 2. The third-order valence-electron chi connectivity index (χ3n) is 7.03. The highest BCUT2D eigenvalue weighted by molar-refractivity contribution is 5.83. The molecule has 0 radical (unpaired) electrons. The Morgan fingerprint density at radius 1 is 1.14 bits per heavy atom. The number of esters is 1. The first-order valence-corrected chi connectivity index (χ1v) is 12.0. The molecule has 1 atom stereocenters. The number of H-pyrrole nitrogens is 1. The lowest BCUT2D eigenvalue weighted by Crippen LogP contribution is -2.31. The summed E-state index contributed by atoms with van der Waals surface area (Å²) in [5.74, 6) is -0.0338. The van der Waals surface area contributed by atoms with Crippen LogP contribution in [-0.4, -0.2) is 27.6 Å². The Labute approximate surface area is 207 Å². The Morgan fingerprint density at radius 2 is 1.94 bits per heavy atom. The van der Waals surface area contributed by atoms with Gasteiger partial charge < -0.3 is 19.0 Å². The summed E-state index contributed by atoms with van der Waals surface area (Å²) in [4.78, 5) is 34.3. The molecule has 5 aromatic rings. The van der Waals surface area contributed by atoms with Crippen LogP contribution < -0.4 is 10.3 Å². The van der Waals surface area contributed by atoms with Crippen molar-refractivity contribution in [1.29, 1.82) is 0 Å². The van der Waals surface area contributed by atoms with Crippen molar-refractivity contribution < 1.29 is 14.3 Å². The van der Waals surface area contributed by atoms with Gasteiger partial charge in [-0.25, -0.2) is 4.98 Å². The highest BCUT2D eigenvalue weighted by atomic mass is 16.5. The first kappa shape index (κ1) is 22.1. The minimum Gasteiger partial charge on any atom is -0.469 e. The number of aromatic nitrogens is 3. The number of rotatable bonds is 5. The van der Waals surface area contributed by atoms with Crippen molar-refractivity contribution in [3.05, 3.63) is 99.6 Å². The number of para-hydroxylation sites is 2. The molecule has 7 heteroatoms. The van der Waals surface area contributed by atoms with E-state index in [4.69, 9.17) is 14.5 Å². The summed E-state index contributed by atoms with van der Waals surface area (Å²) >= 11 is 0. The zero-order valence-corrected chi connectivity index (χ0v) is 20.1. The summed E-state index contributed by atoms with van der Waals surface area (Å²) in [6.07, 6.45) is 2.72. The third-order valence-corrected chi connectivity index (χ3v) is 7.03. The number of methoxy groups -OCH3 is 1. The fourth-order valence-corrected chi connectivity index (χ4v) is 5.18. The number of carbonyl (C=O) groups is 1. The number of aryl methyl sites for hydroxylation is 2. The zero-order chi connectivity index (χ0) is 24.8. The van der Waals surface area contributed by atoms with Crippen LogP contribution in [0.2, 0.25) is 0 Å². The van der Waals surface area contributed by atoms with Gasteiger partial charge in [0.15, 0.2) is 0 Å². The first-order chi connectivity index (χ1) is 17.5. The second-order valence-electron chi connectivity index (χ2n) is 9.14. The van der Waals surface area contributed by atoms with Crippen molar-refractivity contribution in [2.24, 2.45) is 0 Å². The second kappa shape index (κ2) is 8.68. The second-order valence-corrected chi connectivity index (χ2v) is 9.14. The minimum absolute atomic E-state index is 0.0284. The number of hydrogen-bond donors (Lipinski definition) is 1. The molecule has 1 aliphatic rings. The summed E-state index contributed by atoms with van der Waals surface area (Å²) in [5.41, 5.74) is 4.84. The van der Waals surface area contributed by atoms with Gasteiger partial charge in [0, 0.05) is 52.3 Å². The van der Waals surface area contributed by atoms with Crippen LogP contribution in [0.3, 0.4) is 0 Å². The average molecular weight is 480 g/mol. The van der Waals surface area contributed by atoms with E-state index in [0.717, 1.165) is 38.6 Å². The molecule has 0 aliphatic carbocycles. The van der Waals surface area contributed by atoms with Crippen LogP contribution in [0.15, 0.2) is 71.7 Å². The van der Waals surface area contributed by atoms with Crippen molar-refractivity contribution in [2.45, 2.75) is 32.2 Å². The molecule has 0 fully saturated rings. The minimum atomic E-state index is -0.513. The largest absolute Gasteiger partial charge is 0.469 e. The Morgan fingerprint density at radius 3 is 2.81 bits per heavy atom. The fourth-order valence-electron chi connectivity index (χ4n) is 5.18. The highest BCUT2D eigenvalue weighted by Crippen LogP contribution is 2.44. The number of nitrogens with one attached hydrogen (secondary N) is 1. The molecule has 36 heavy (non-hydrogen) atoms. The lowest BCUT2D eigenvalue weighted by molar-refractivity contribution is -0.140. The molecule has 7 nitrogen and oxygen atoms in total. The van der Waals surface area contributed by atoms with Crippen LogP contribution in [0.5, 0.6) is 11.6 Å². The monoisotopic (exact) mass is 479 g/mol. The van der Waals surface area contributed by atoms with Crippen LogP contribution in [-0.2, 0) is 22.5 Å². The smallest absolute Gasteiger partial charge is 0.306 e. The molecule has 6 rings (SSSR count). The van der Waals surface area contributed by atoms with Crippen molar-refractivity contribution in [1.82, 2.24) is 14.5 Å². The SMILES string of the molecule is COC(=O)C[C@@H]1c2cc3ccccc3nc2Oc2cc(C)n(CCc3c[nH]c4ccccc34)c(=O)c21. The molecule has 0 saturated heterocycles. The van der Waals surface area contributed by atoms with E-state index in [-0.39, 0.29) is 12.0 Å². The lowest BCUT2D eigenvalue weighted by atomic mass is 9.86. The van der Waals surface area contributed by atoms with Crippen LogP contribution >= 0.6 is 0 Å². The van der Waals surface area contributed by atoms with E-state index in [1.54, 1.807) is 4.57 Å². The van der Waals surface area contributed by atoms with Crippen molar-refractivity contribution in [3.63, 3.8) is 0 Å². The number of pyridine rings is 2. The zero-order valence-electron chi connectivity index (χ0n) is 20.1. The summed E-state index contributed by atoms with van der Waals surface area (Å²) in [6.45, 7) is 2.41. The summed E-state index contributed by atoms with van der Waals surface area (Å²) < 4.78 is 12.9. The van der Waals surface area contributed by atoms with Crippen molar-refractivity contribution in [3.8, 4) is 11.6 Å². The molecule has 2 aromatic carbocycles. The molecule has 0 bridgehead atoms. The molecular weight excluding hydrogens is 454 g/mol. The summed E-state index contributed by atoms with van der Waals surface area (Å²) in [5, 5.41) is 2.07. The quantitative estimate of drug-likeness (QED) is 0.349. The van der Waals surface area contributed by atoms with E-state index in [1.807, 2.05) is 67.7 Å². The Kier molecular flexibility index (Phi) is 5.33. The van der Waals surface area contributed by atoms with Gasteiger partial charge in [0.1, 0.15) is 5.75 Å². The van der Waals surface area contributed by atoms with Gasteiger partial charge in [0.2, 0.25) is 5.88 Å². The molecule has 0 saturated carbocycles. The Hall–Kier alpha value is -4.39. The first-order valence-electron chi connectivity index (χ1n) is 12.0. The van der Waals surface area contributed by atoms with Gasteiger partial charge in [-0.15, -0.1) is 0 Å². The van der Waals surface area contributed by atoms with Gasteiger partial charge in [0.25, 0.3) is 5.56 Å². The molecule has 4 heterocycles. The number of benzene rings is 2. The summed E-state index contributed by atoms with van der Waals surface area (Å²) in [6, 6.07) is 19.7. The van der Waals surface area contributed by atoms with E-state index in [2.05, 4.69) is 11.1 Å².